The molecule has 2 N–H and O–H groups in total. The molecule has 1 aliphatic rings. The van der Waals surface area contributed by atoms with E-state index in [2.05, 4.69) is 0 Å². The number of sulfonamides is 1. The average molecular weight is 285 g/mol. The van der Waals surface area contributed by atoms with Gasteiger partial charge in [-0.2, -0.15) is 4.31 Å². The summed E-state index contributed by atoms with van der Waals surface area (Å²) < 4.78 is 26.2. The zero-order valence-electron chi connectivity index (χ0n) is 10.2. The van der Waals surface area contributed by atoms with Crippen molar-refractivity contribution in [1.29, 1.82) is 0 Å². The predicted octanol–water partition coefficient (Wildman–Crippen LogP) is 0.707. The van der Waals surface area contributed by atoms with Crippen LogP contribution in [-0.2, 0) is 10.0 Å². The normalized spacial score (nSPS) is 20.6. The molecular weight excluding hydrogens is 270 g/mol. The molecule has 1 saturated heterocycles. The summed E-state index contributed by atoms with van der Waals surface area (Å²) in [7, 11) is -3.71. The minimum absolute atomic E-state index is 0.0537. The van der Waals surface area contributed by atoms with Gasteiger partial charge in [0.2, 0.25) is 10.0 Å². The molecule has 0 spiro atoms. The number of nitrogens with zero attached hydrogens (tertiary/aromatic N) is 2. The Bertz CT molecular complexity index is 587. The molecule has 1 unspecified atom stereocenters. The summed E-state index contributed by atoms with van der Waals surface area (Å²) in [6.45, 7) is 0.668. The fraction of sp³-hybridized carbons (Fsp3) is 0.455. The van der Waals surface area contributed by atoms with Gasteiger partial charge >= 0.3 is 0 Å². The lowest BCUT2D eigenvalue weighted by molar-refractivity contribution is -0.385. The Labute approximate surface area is 111 Å². The Balaban J connectivity index is 2.39. The van der Waals surface area contributed by atoms with Crippen LogP contribution in [0.1, 0.15) is 12.8 Å². The molecule has 8 heteroatoms. The molecule has 19 heavy (non-hydrogen) atoms. The Kier molecular flexibility index (Phi) is 3.83. The van der Waals surface area contributed by atoms with Crippen LogP contribution < -0.4 is 5.73 Å². The van der Waals surface area contributed by atoms with Crippen LogP contribution in [0.15, 0.2) is 29.2 Å². The Morgan fingerprint density at radius 1 is 1.47 bits per heavy atom. The topological polar surface area (TPSA) is 107 Å². The number of hydrogen-bond donors (Lipinski definition) is 1. The van der Waals surface area contributed by atoms with E-state index in [-0.39, 0.29) is 23.2 Å². The number of non-ortho nitro benzene ring substituents is 1. The Morgan fingerprint density at radius 3 is 2.84 bits per heavy atom. The first-order valence-corrected chi connectivity index (χ1v) is 7.37. The van der Waals surface area contributed by atoms with E-state index in [1.165, 1.54) is 22.5 Å². The van der Waals surface area contributed by atoms with Crippen LogP contribution in [-0.4, -0.2) is 36.8 Å². The molecule has 1 atom stereocenters. The van der Waals surface area contributed by atoms with Crippen LogP contribution in [0.4, 0.5) is 5.69 Å². The van der Waals surface area contributed by atoms with Gasteiger partial charge in [0.25, 0.3) is 5.69 Å². The van der Waals surface area contributed by atoms with E-state index in [0.29, 0.717) is 6.54 Å². The highest BCUT2D eigenvalue weighted by Crippen LogP contribution is 2.27. The molecule has 0 radical (unpaired) electrons. The molecule has 104 valence electrons. The fourth-order valence-corrected chi connectivity index (χ4v) is 4.00. The van der Waals surface area contributed by atoms with E-state index in [4.69, 9.17) is 5.73 Å². The number of nitrogens with two attached hydrogens (primary N) is 1. The minimum atomic E-state index is -3.71. The van der Waals surface area contributed by atoms with Crippen LogP contribution in [0.3, 0.4) is 0 Å². The zero-order chi connectivity index (χ0) is 14.0. The summed E-state index contributed by atoms with van der Waals surface area (Å²) >= 11 is 0. The number of nitro groups is 1. The van der Waals surface area contributed by atoms with Crippen molar-refractivity contribution in [2.45, 2.75) is 23.8 Å². The van der Waals surface area contributed by atoms with Crippen LogP contribution in [0, 0.1) is 10.1 Å². The van der Waals surface area contributed by atoms with Crippen molar-refractivity contribution in [3.8, 4) is 0 Å². The average Bonchev–Trinajstić information content (AvgIpc) is 2.88. The standard InChI is InChI=1S/C11H15N3O4S/c12-8-10-4-2-6-13(10)19(17,18)11-5-1-3-9(7-11)14(15)16/h1,3,5,7,10H,2,4,6,8,12H2. The lowest BCUT2D eigenvalue weighted by atomic mass is 10.2. The van der Waals surface area contributed by atoms with Crippen molar-refractivity contribution in [2.24, 2.45) is 5.73 Å². The lowest BCUT2D eigenvalue weighted by Crippen LogP contribution is -2.39. The summed E-state index contributed by atoms with van der Waals surface area (Å²) in [6, 6.07) is 4.88. The van der Waals surface area contributed by atoms with E-state index in [1.807, 2.05) is 0 Å². The SMILES string of the molecule is NCC1CCCN1S(=O)(=O)c1cccc([N+](=O)[O-])c1. The van der Waals surface area contributed by atoms with E-state index < -0.39 is 14.9 Å². The van der Waals surface area contributed by atoms with Crippen molar-refractivity contribution in [3.05, 3.63) is 34.4 Å². The van der Waals surface area contributed by atoms with E-state index in [9.17, 15) is 18.5 Å². The molecule has 0 saturated carbocycles. The monoisotopic (exact) mass is 285 g/mol. The van der Waals surface area contributed by atoms with Gasteiger partial charge in [-0.3, -0.25) is 10.1 Å². The summed E-state index contributed by atoms with van der Waals surface area (Å²) in [4.78, 5) is 10.0. The quantitative estimate of drug-likeness (QED) is 0.647. The van der Waals surface area contributed by atoms with Gasteiger partial charge in [-0.25, -0.2) is 8.42 Å². The molecular formula is C11H15N3O4S. The Morgan fingerprint density at radius 2 is 2.21 bits per heavy atom. The third kappa shape index (κ3) is 2.60. The van der Waals surface area contributed by atoms with Gasteiger partial charge in [0.15, 0.2) is 0 Å². The van der Waals surface area contributed by atoms with Gasteiger partial charge in [0.1, 0.15) is 0 Å². The van der Waals surface area contributed by atoms with Crippen molar-refractivity contribution >= 4 is 15.7 Å². The van der Waals surface area contributed by atoms with Crippen LogP contribution in [0.2, 0.25) is 0 Å². The van der Waals surface area contributed by atoms with Crippen LogP contribution in [0.5, 0.6) is 0 Å². The second-order valence-electron chi connectivity index (χ2n) is 4.40. The first-order chi connectivity index (χ1) is 8.96. The van der Waals surface area contributed by atoms with Gasteiger partial charge in [0.05, 0.1) is 9.82 Å². The molecule has 1 aromatic carbocycles. The minimum Gasteiger partial charge on any atom is -0.329 e. The summed E-state index contributed by atoms with van der Waals surface area (Å²) in [6.07, 6.45) is 1.49. The van der Waals surface area contributed by atoms with Gasteiger partial charge in [0, 0.05) is 31.3 Å². The summed E-state index contributed by atoms with van der Waals surface area (Å²) in [5, 5.41) is 10.7. The smallest absolute Gasteiger partial charge is 0.270 e. The van der Waals surface area contributed by atoms with Crippen molar-refractivity contribution in [2.75, 3.05) is 13.1 Å². The maximum Gasteiger partial charge on any atom is 0.270 e. The number of rotatable bonds is 4. The molecule has 1 aliphatic heterocycles. The molecule has 1 heterocycles. The van der Waals surface area contributed by atoms with E-state index >= 15 is 0 Å². The lowest BCUT2D eigenvalue weighted by Gasteiger charge is -2.22. The molecule has 1 aromatic rings. The number of hydrogen-bond acceptors (Lipinski definition) is 5. The second-order valence-corrected chi connectivity index (χ2v) is 6.29. The van der Waals surface area contributed by atoms with Gasteiger partial charge in [-0.15, -0.1) is 0 Å². The van der Waals surface area contributed by atoms with Gasteiger partial charge < -0.3 is 5.73 Å². The zero-order valence-corrected chi connectivity index (χ0v) is 11.0. The van der Waals surface area contributed by atoms with Crippen molar-refractivity contribution < 1.29 is 13.3 Å². The molecule has 2 rings (SSSR count). The molecule has 0 aromatic heterocycles. The van der Waals surface area contributed by atoms with E-state index in [0.717, 1.165) is 18.9 Å². The predicted molar refractivity (Wildman–Crippen MR) is 69.1 cm³/mol. The third-order valence-electron chi connectivity index (χ3n) is 3.23. The maximum absolute atomic E-state index is 12.4. The molecule has 1 fully saturated rings. The summed E-state index contributed by atoms with van der Waals surface area (Å²) in [5.74, 6) is 0. The van der Waals surface area contributed by atoms with Gasteiger partial charge in [-0.1, -0.05) is 6.07 Å². The molecule has 0 bridgehead atoms. The first kappa shape index (κ1) is 13.9. The second kappa shape index (κ2) is 5.24. The highest BCUT2D eigenvalue weighted by atomic mass is 32.2. The largest absolute Gasteiger partial charge is 0.329 e. The molecule has 0 amide bonds. The molecule has 0 aliphatic carbocycles. The van der Waals surface area contributed by atoms with Crippen molar-refractivity contribution in [1.82, 2.24) is 4.31 Å². The van der Waals surface area contributed by atoms with Gasteiger partial charge in [-0.05, 0) is 18.9 Å². The number of nitro benzene ring substituents is 1. The fourth-order valence-electron chi connectivity index (χ4n) is 2.25. The first-order valence-electron chi connectivity index (χ1n) is 5.93. The van der Waals surface area contributed by atoms with Crippen molar-refractivity contribution in [3.63, 3.8) is 0 Å². The highest BCUT2D eigenvalue weighted by molar-refractivity contribution is 7.89. The summed E-state index contributed by atoms with van der Waals surface area (Å²) in [5.41, 5.74) is 5.33. The maximum atomic E-state index is 12.4. The Hall–Kier alpha value is -1.51. The van der Waals surface area contributed by atoms with E-state index in [1.54, 1.807) is 0 Å². The van der Waals surface area contributed by atoms with Crippen LogP contribution in [0.25, 0.3) is 0 Å². The van der Waals surface area contributed by atoms with Crippen LogP contribution >= 0.6 is 0 Å². The third-order valence-corrected chi connectivity index (χ3v) is 5.18. The number of benzene rings is 1. The highest BCUT2D eigenvalue weighted by Gasteiger charge is 2.34. The molecule has 7 nitrogen and oxygen atoms in total.